The Morgan fingerprint density at radius 1 is 0.943 bits per heavy atom. The van der Waals surface area contributed by atoms with Crippen LogP contribution in [0.25, 0.3) is 22.4 Å². The molecule has 0 aliphatic heterocycles. The molecular formula is C27H27N5O2S. The summed E-state index contributed by atoms with van der Waals surface area (Å²) in [6.07, 6.45) is 0. The second-order valence-electron chi connectivity index (χ2n) is 8.41. The molecule has 0 radical (unpaired) electrons. The molecule has 2 amide bonds. The van der Waals surface area contributed by atoms with Crippen molar-refractivity contribution in [3.8, 4) is 22.4 Å². The Balaban J connectivity index is 1.37. The smallest absolute Gasteiger partial charge is 0.251 e. The van der Waals surface area contributed by atoms with E-state index >= 15 is 0 Å². The van der Waals surface area contributed by atoms with Gasteiger partial charge in [0.1, 0.15) is 0 Å². The number of benzene rings is 3. The Bertz CT molecular complexity index is 1310. The van der Waals surface area contributed by atoms with Gasteiger partial charge in [0, 0.05) is 28.7 Å². The van der Waals surface area contributed by atoms with Crippen LogP contribution in [-0.4, -0.2) is 42.3 Å². The number of nitrogen functional groups attached to an aromatic ring is 1. The normalized spacial score (nSPS) is 10.8. The van der Waals surface area contributed by atoms with Crippen LogP contribution in [0.15, 0.2) is 78.2 Å². The highest BCUT2D eigenvalue weighted by molar-refractivity contribution is 7.14. The highest BCUT2D eigenvalue weighted by Gasteiger charge is 2.11. The zero-order valence-corrected chi connectivity index (χ0v) is 20.4. The van der Waals surface area contributed by atoms with Gasteiger partial charge in [-0.3, -0.25) is 9.59 Å². The fourth-order valence-corrected chi connectivity index (χ4v) is 4.29. The summed E-state index contributed by atoms with van der Waals surface area (Å²) in [5.74, 6) is -0.687. The lowest BCUT2D eigenvalue weighted by Gasteiger charge is -2.10. The van der Waals surface area contributed by atoms with Gasteiger partial charge < -0.3 is 21.3 Å². The molecule has 0 spiro atoms. The van der Waals surface area contributed by atoms with E-state index in [2.05, 4.69) is 71.0 Å². The summed E-state index contributed by atoms with van der Waals surface area (Å²) in [6, 6.07) is 23.2. The fraction of sp³-hybridized carbons (Fsp3) is 0.148. The van der Waals surface area contributed by atoms with Gasteiger partial charge in [-0.25, -0.2) is 4.98 Å². The van der Waals surface area contributed by atoms with Crippen LogP contribution in [-0.2, 0) is 11.3 Å². The summed E-state index contributed by atoms with van der Waals surface area (Å²) < 4.78 is 0. The minimum absolute atomic E-state index is 0.155. The lowest BCUT2D eigenvalue weighted by molar-refractivity contribution is -0.115. The van der Waals surface area contributed by atoms with Crippen molar-refractivity contribution in [2.24, 2.45) is 0 Å². The van der Waals surface area contributed by atoms with Gasteiger partial charge in [-0.15, -0.1) is 11.3 Å². The van der Waals surface area contributed by atoms with E-state index in [1.54, 1.807) is 24.3 Å². The monoisotopic (exact) mass is 485 g/mol. The number of nitrogens with zero attached hydrogens (tertiary/aromatic N) is 2. The van der Waals surface area contributed by atoms with Gasteiger partial charge in [0.25, 0.3) is 5.91 Å². The van der Waals surface area contributed by atoms with Crippen molar-refractivity contribution in [2.75, 3.05) is 31.7 Å². The number of nitrogens with two attached hydrogens (primary N) is 1. The Morgan fingerprint density at radius 3 is 2.37 bits per heavy atom. The number of anilines is 2. The molecule has 0 fully saturated rings. The van der Waals surface area contributed by atoms with E-state index < -0.39 is 0 Å². The summed E-state index contributed by atoms with van der Waals surface area (Å²) in [5, 5.41) is 7.73. The number of amides is 2. The van der Waals surface area contributed by atoms with Gasteiger partial charge in [-0.1, -0.05) is 42.5 Å². The van der Waals surface area contributed by atoms with Gasteiger partial charge in [-0.05, 0) is 61.1 Å². The molecule has 0 aliphatic carbocycles. The average molecular weight is 486 g/mol. The van der Waals surface area contributed by atoms with Crippen molar-refractivity contribution in [2.45, 2.75) is 6.54 Å². The molecule has 4 aromatic rings. The van der Waals surface area contributed by atoms with Crippen LogP contribution in [0, 0.1) is 0 Å². The van der Waals surface area contributed by atoms with E-state index in [9.17, 15) is 9.59 Å². The Morgan fingerprint density at radius 2 is 1.66 bits per heavy atom. The maximum absolute atomic E-state index is 12.3. The van der Waals surface area contributed by atoms with Gasteiger partial charge in [0.05, 0.1) is 12.2 Å². The van der Waals surface area contributed by atoms with Crippen LogP contribution in [0.2, 0.25) is 0 Å². The van der Waals surface area contributed by atoms with E-state index in [0.717, 1.165) is 28.9 Å². The molecule has 1 heterocycles. The third-order valence-corrected chi connectivity index (χ3v) is 6.04. The summed E-state index contributed by atoms with van der Waals surface area (Å²) in [6.45, 7) is 0.746. The van der Waals surface area contributed by atoms with E-state index in [1.807, 2.05) is 17.5 Å². The van der Waals surface area contributed by atoms with Crippen molar-refractivity contribution >= 4 is 34.0 Å². The number of carbonyl (C=O) groups is 2. The van der Waals surface area contributed by atoms with Crippen molar-refractivity contribution in [1.82, 2.24) is 15.2 Å². The number of aromatic nitrogens is 1. The molecule has 178 valence electrons. The number of rotatable bonds is 8. The number of hydrogen-bond donors (Lipinski definition) is 3. The molecule has 7 nitrogen and oxygen atoms in total. The predicted octanol–water partition coefficient (Wildman–Crippen LogP) is 4.49. The minimum Gasteiger partial charge on any atom is -0.399 e. The third-order valence-electron chi connectivity index (χ3n) is 5.28. The molecule has 0 unspecified atom stereocenters. The predicted molar refractivity (Wildman–Crippen MR) is 142 cm³/mol. The van der Waals surface area contributed by atoms with Gasteiger partial charge in [0.15, 0.2) is 5.13 Å². The summed E-state index contributed by atoms with van der Waals surface area (Å²) >= 11 is 1.34. The summed E-state index contributed by atoms with van der Waals surface area (Å²) in [4.78, 5) is 31.2. The topological polar surface area (TPSA) is 100 Å². The van der Waals surface area contributed by atoms with Crippen molar-refractivity contribution in [1.29, 1.82) is 0 Å². The first-order valence-electron chi connectivity index (χ1n) is 11.1. The molecule has 4 rings (SSSR count). The summed E-state index contributed by atoms with van der Waals surface area (Å²) in [7, 11) is 4.11. The van der Waals surface area contributed by atoms with Crippen LogP contribution >= 0.6 is 11.3 Å². The Hall–Kier alpha value is -4.01. The van der Waals surface area contributed by atoms with Crippen LogP contribution in [0.3, 0.4) is 0 Å². The lowest BCUT2D eigenvalue weighted by Crippen LogP contribution is -2.32. The van der Waals surface area contributed by atoms with Gasteiger partial charge >= 0.3 is 0 Å². The molecule has 3 aromatic carbocycles. The van der Waals surface area contributed by atoms with E-state index in [-0.39, 0.29) is 18.4 Å². The highest BCUT2D eigenvalue weighted by Crippen LogP contribution is 2.29. The quantitative estimate of drug-likeness (QED) is 0.319. The number of hydrogen-bond acceptors (Lipinski definition) is 6. The molecule has 0 saturated carbocycles. The molecular weight excluding hydrogens is 458 g/mol. The Labute approximate surface area is 208 Å². The second kappa shape index (κ2) is 10.9. The Kier molecular flexibility index (Phi) is 7.54. The minimum atomic E-state index is -0.346. The first-order chi connectivity index (χ1) is 16.9. The van der Waals surface area contributed by atoms with Crippen molar-refractivity contribution in [3.05, 3.63) is 89.3 Å². The number of nitrogens with one attached hydrogen (secondary N) is 2. The molecule has 35 heavy (non-hydrogen) atoms. The number of carbonyl (C=O) groups excluding carboxylic acids is 2. The number of thiazole rings is 1. The molecule has 8 heteroatoms. The van der Waals surface area contributed by atoms with Crippen LogP contribution in [0.5, 0.6) is 0 Å². The first-order valence-corrected chi connectivity index (χ1v) is 12.0. The molecule has 0 aliphatic rings. The molecule has 0 saturated heterocycles. The fourth-order valence-electron chi connectivity index (χ4n) is 3.55. The van der Waals surface area contributed by atoms with Crippen LogP contribution in [0.4, 0.5) is 10.8 Å². The molecule has 0 atom stereocenters. The average Bonchev–Trinajstić information content (AvgIpc) is 3.31. The third kappa shape index (κ3) is 6.53. The van der Waals surface area contributed by atoms with E-state index in [4.69, 9.17) is 5.73 Å². The molecule has 1 aromatic heterocycles. The maximum atomic E-state index is 12.3. The SMILES string of the molecule is CN(C)Cc1ccc(-c2cccc(-c3csc(NC(=O)CNC(=O)c4ccc(N)cc4)n3)c2)cc1. The van der Waals surface area contributed by atoms with E-state index in [0.29, 0.717) is 16.4 Å². The van der Waals surface area contributed by atoms with E-state index in [1.165, 1.54) is 16.9 Å². The molecule has 4 N–H and O–H groups in total. The van der Waals surface area contributed by atoms with Crippen molar-refractivity contribution < 1.29 is 9.59 Å². The van der Waals surface area contributed by atoms with Gasteiger partial charge in [-0.2, -0.15) is 0 Å². The van der Waals surface area contributed by atoms with Crippen LogP contribution < -0.4 is 16.4 Å². The molecule has 0 bridgehead atoms. The zero-order valence-electron chi connectivity index (χ0n) is 19.6. The largest absolute Gasteiger partial charge is 0.399 e. The van der Waals surface area contributed by atoms with Crippen LogP contribution in [0.1, 0.15) is 15.9 Å². The second-order valence-corrected chi connectivity index (χ2v) is 9.26. The first kappa shape index (κ1) is 24.1. The standard InChI is InChI=1S/C27H27N5O2S/c1-32(2)16-18-6-8-19(9-7-18)21-4-3-5-22(14-21)24-17-35-27(30-24)31-25(33)15-29-26(34)20-10-12-23(28)13-11-20/h3-14,17H,15-16,28H2,1-2H3,(H,29,34)(H,30,31,33). The van der Waals surface area contributed by atoms with Gasteiger partial charge in [0.2, 0.25) is 5.91 Å². The lowest BCUT2D eigenvalue weighted by atomic mass is 10.0. The zero-order chi connectivity index (χ0) is 24.8. The van der Waals surface area contributed by atoms with Crippen molar-refractivity contribution in [3.63, 3.8) is 0 Å². The maximum Gasteiger partial charge on any atom is 0.251 e. The summed E-state index contributed by atoms with van der Waals surface area (Å²) in [5.41, 5.74) is 11.9. The highest BCUT2D eigenvalue weighted by atomic mass is 32.1.